The Morgan fingerprint density at radius 2 is 1.90 bits per heavy atom. The van der Waals surface area contributed by atoms with Crippen LogP contribution in [-0.4, -0.2) is 24.3 Å². The van der Waals surface area contributed by atoms with Crippen LogP contribution in [-0.2, 0) is 4.79 Å². The van der Waals surface area contributed by atoms with E-state index in [4.69, 9.17) is 0 Å². The van der Waals surface area contributed by atoms with E-state index in [-0.39, 0.29) is 0 Å². The summed E-state index contributed by atoms with van der Waals surface area (Å²) >= 11 is 0. The third-order valence-corrected chi connectivity index (χ3v) is 1.55. The highest BCUT2D eigenvalue weighted by molar-refractivity contribution is 5.72. The van der Waals surface area contributed by atoms with Gasteiger partial charge in [0.1, 0.15) is 0 Å². The first kappa shape index (κ1) is 9.21. The van der Waals surface area contributed by atoms with Crippen LogP contribution < -0.4 is 0 Å². The van der Waals surface area contributed by atoms with Crippen molar-refractivity contribution in [2.75, 3.05) is 13.1 Å². The van der Waals surface area contributed by atoms with Crippen molar-refractivity contribution >= 4 is 6.29 Å². The predicted octanol–water partition coefficient (Wildman–Crippen LogP) is 1.43. The maximum Gasteiger partial charge on any atom is 0.165 e. The number of rotatable bonds is 4. The smallest absolute Gasteiger partial charge is 0.165 e. The lowest BCUT2D eigenvalue weighted by molar-refractivity contribution is -0.106. The van der Waals surface area contributed by atoms with Gasteiger partial charge in [0.25, 0.3) is 0 Å². The van der Waals surface area contributed by atoms with Crippen LogP contribution in [0.25, 0.3) is 0 Å². The van der Waals surface area contributed by atoms with E-state index in [9.17, 15) is 4.79 Å². The summed E-state index contributed by atoms with van der Waals surface area (Å²) in [5.41, 5.74) is 0.782. The van der Waals surface area contributed by atoms with Crippen LogP contribution in [0.5, 0.6) is 0 Å². The Balaban J connectivity index is 4.10. The van der Waals surface area contributed by atoms with Crippen LogP contribution >= 0.6 is 0 Å². The topological polar surface area (TPSA) is 20.3 Å². The highest BCUT2D eigenvalue weighted by Gasteiger charge is 2.00. The van der Waals surface area contributed by atoms with Gasteiger partial charge in [-0.1, -0.05) is 6.08 Å². The SMILES string of the molecule is C/C=C(\C=O)N(CC)CC. The van der Waals surface area contributed by atoms with Crippen LogP contribution in [0, 0.1) is 0 Å². The largest absolute Gasteiger partial charge is 0.370 e. The Morgan fingerprint density at radius 3 is 2.00 bits per heavy atom. The molecule has 0 rings (SSSR count). The molecule has 0 aliphatic carbocycles. The van der Waals surface area contributed by atoms with E-state index in [1.807, 2.05) is 31.7 Å². The molecule has 2 heteroatoms. The van der Waals surface area contributed by atoms with E-state index in [0.717, 1.165) is 25.1 Å². The van der Waals surface area contributed by atoms with Crippen molar-refractivity contribution < 1.29 is 4.79 Å². The number of aldehydes is 1. The fourth-order valence-electron chi connectivity index (χ4n) is 0.914. The Labute approximate surface area is 62.5 Å². The van der Waals surface area contributed by atoms with Crippen LogP contribution in [0.2, 0.25) is 0 Å². The first-order chi connectivity index (χ1) is 4.79. The molecule has 0 saturated heterocycles. The molecule has 0 fully saturated rings. The van der Waals surface area contributed by atoms with Crippen LogP contribution in [0.1, 0.15) is 20.8 Å². The minimum atomic E-state index is 0.782. The number of hydrogen-bond donors (Lipinski definition) is 0. The van der Waals surface area contributed by atoms with E-state index < -0.39 is 0 Å². The number of nitrogens with zero attached hydrogens (tertiary/aromatic N) is 1. The Hall–Kier alpha value is -0.790. The second kappa shape index (κ2) is 5.03. The zero-order valence-corrected chi connectivity index (χ0v) is 6.92. The van der Waals surface area contributed by atoms with Gasteiger partial charge in [0.2, 0.25) is 0 Å². The maximum atomic E-state index is 10.4. The lowest BCUT2D eigenvalue weighted by atomic mass is 10.3. The van der Waals surface area contributed by atoms with Gasteiger partial charge in [-0.15, -0.1) is 0 Å². The normalized spacial score (nSPS) is 11.3. The van der Waals surface area contributed by atoms with E-state index in [1.165, 1.54) is 0 Å². The van der Waals surface area contributed by atoms with Crippen molar-refractivity contribution in [3.63, 3.8) is 0 Å². The second-order valence-corrected chi connectivity index (χ2v) is 2.00. The van der Waals surface area contributed by atoms with Gasteiger partial charge in [0.15, 0.2) is 6.29 Å². The zero-order chi connectivity index (χ0) is 7.98. The van der Waals surface area contributed by atoms with Crippen molar-refractivity contribution in [1.82, 2.24) is 4.90 Å². The molecule has 0 radical (unpaired) electrons. The molecular weight excluding hydrogens is 126 g/mol. The maximum absolute atomic E-state index is 10.4. The summed E-state index contributed by atoms with van der Waals surface area (Å²) in [5.74, 6) is 0. The fourth-order valence-corrected chi connectivity index (χ4v) is 0.914. The molecule has 0 heterocycles. The monoisotopic (exact) mass is 141 g/mol. The molecule has 0 saturated carbocycles. The first-order valence-electron chi connectivity index (χ1n) is 3.66. The van der Waals surface area contributed by atoms with E-state index in [1.54, 1.807) is 0 Å². The van der Waals surface area contributed by atoms with Gasteiger partial charge in [0.05, 0.1) is 5.70 Å². The highest BCUT2D eigenvalue weighted by atomic mass is 16.1. The number of allylic oxidation sites excluding steroid dienone is 2. The summed E-state index contributed by atoms with van der Waals surface area (Å²) in [6.07, 6.45) is 2.73. The molecule has 0 aromatic rings. The summed E-state index contributed by atoms with van der Waals surface area (Å²) in [4.78, 5) is 12.4. The van der Waals surface area contributed by atoms with Crippen molar-refractivity contribution in [2.24, 2.45) is 0 Å². The summed E-state index contributed by atoms with van der Waals surface area (Å²) < 4.78 is 0. The van der Waals surface area contributed by atoms with Gasteiger partial charge >= 0.3 is 0 Å². The molecule has 0 spiro atoms. The van der Waals surface area contributed by atoms with Crippen molar-refractivity contribution in [2.45, 2.75) is 20.8 Å². The first-order valence-corrected chi connectivity index (χ1v) is 3.66. The van der Waals surface area contributed by atoms with Gasteiger partial charge in [-0.25, -0.2) is 0 Å². The van der Waals surface area contributed by atoms with Gasteiger partial charge in [-0.2, -0.15) is 0 Å². The van der Waals surface area contributed by atoms with Crippen molar-refractivity contribution in [3.05, 3.63) is 11.8 Å². The third-order valence-electron chi connectivity index (χ3n) is 1.55. The van der Waals surface area contributed by atoms with E-state index in [2.05, 4.69) is 0 Å². The third kappa shape index (κ3) is 2.21. The molecule has 0 amide bonds. The van der Waals surface area contributed by atoms with E-state index in [0.29, 0.717) is 0 Å². The Kier molecular flexibility index (Phi) is 4.63. The van der Waals surface area contributed by atoms with Crippen molar-refractivity contribution in [1.29, 1.82) is 0 Å². The molecule has 0 aliphatic rings. The zero-order valence-electron chi connectivity index (χ0n) is 6.92. The van der Waals surface area contributed by atoms with Gasteiger partial charge < -0.3 is 4.90 Å². The van der Waals surface area contributed by atoms with Gasteiger partial charge in [-0.05, 0) is 20.8 Å². The average Bonchev–Trinajstić information content (AvgIpc) is 2.00. The molecule has 0 N–H and O–H groups in total. The van der Waals surface area contributed by atoms with Crippen molar-refractivity contribution in [3.8, 4) is 0 Å². The molecule has 2 nitrogen and oxygen atoms in total. The number of likely N-dealkylation sites (N-methyl/N-ethyl adjacent to an activating group) is 1. The van der Waals surface area contributed by atoms with E-state index >= 15 is 0 Å². The molecule has 10 heavy (non-hydrogen) atoms. The number of hydrogen-bond acceptors (Lipinski definition) is 2. The summed E-state index contributed by atoms with van der Waals surface area (Å²) in [6, 6.07) is 0. The lowest BCUT2D eigenvalue weighted by Crippen LogP contribution is -2.22. The number of carbonyl (C=O) groups is 1. The molecule has 0 aromatic carbocycles. The molecule has 0 aromatic heterocycles. The highest BCUT2D eigenvalue weighted by Crippen LogP contribution is 1.98. The molecule has 0 bridgehead atoms. The quantitative estimate of drug-likeness (QED) is 0.436. The molecule has 58 valence electrons. The number of carbonyl (C=O) groups excluding carboxylic acids is 1. The van der Waals surface area contributed by atoms with Crippen LogP contribution in [0.15, 0.2) is 11.8 Å². The summed E-state index contributed by atoms with van der Waals surface area (Å²) in [6.45, 7) is 7.75. The summed E-state index contributed by atoms with van der Waals surface area (Å²) in [7, 11) is 0. The Morgan fingerprint density at radius 1 is 1.40 bits per heavy atom. The van der Waals surface area contributed by atoms with Gasteiger partial charge in [-0.3, -0.25) is 4.79 Å². The molecule has 0 unspecified atom stereocenters. The standard InChI is InChI=1S/C8H15NO/c1-4-8(7-10)9(5-2)6-3/h4,7H,5-6H2,1-3H3/b8-4+. The fraction of sp³-hybridized carbons (Fsp3) is 0.625. The predicted molar refractivity (Wildman–Crippen MR) is 42.7 cm³/mol. The summed E-state index contributed by atoms with van der Waals surface area (Å²) in [5, 5.41) is 0. The molecule has 0 atom stereocenters. The lowest BCUT2D eigenvalue weighted by Gasteiger charge is -2.19. The molecular formula is C8H15NO. The average molecular weight is 141 g/mol. The molecule has 0 aliphatic heterocycles. The van der Waals surface area contributed by atoms with Crippen LogP contribution in [0.3, 0.4) is 0 Å². The van der Waals surface area contributed by atoms with Gasteiger partial charge in [0, 0.05) is 13.1 Å². The second-order valence-electron chi connectivity index (χ2n) is 2.00. The Bertz CT molecular complexity index is 125. The minimum absolute atomic E-state index is 0.782. The minimum Gasteiger partial charge on any atom is -0.370 e. The van der Waals surface area contributed by atoms with Crippen LogP contribution in [0.4, 0.5) is 0 Å².